The van der Waals surface area contributed by atoms with Gasteiger partial charge in [0.05, 0.1) is 17.0 Å². The van der Waals surface area contributed by atoms with E-state index in [-0.39, 0.29) is 5.69 Å². The minimum absolute atomic E-state index is 0.0261. The molecule has 0 amide bonds. The van der Waals surface area contributed by atoms with Gasteiger partial charge in [-0.05, 0) is 17.7 Å². The Kier molecular flexibility index (Phi) is 2.83. The van der Waals surface area contributed by atoms with Gasteiger partial charge < -0.3 is 4.42 Å². The summed E-state index contributed by atoms with van der Waals surface area (Å²) >= 11 is 0. The molecule has 3 rings (SSSR count). The van der Waals surface area contributed by atoms with Gasteiger partial charge in [0, 0.05) is 12.1 Å². The number of aromatic nitrogens is 1. The van der Waals surface area contributed by atoms with E-state index in [2.05, 4.69) is 0 Å². The van der Waals surface area contributed by atoms with Gasteiger partial charge >= 0.3 is 5.76 Å². The molecule has 100 valence electrons. The van der Waals surface area contributed by atoms with Crippen molar-refractivity contribution < 1.29 is 9.34 Å². The Bertz CT molecular complexity index is 830. The molecule has 0 atom stereocenters. The highest BCUT2D eigenvalue weighted by Crippen LogP contribution is 2.16. The second-order valence-corrected chi connectivity index (χ2v) is 4.35. The van der Waals surface area contributed by atoms with Crippen LogP contribution >= 0.6 is 0 Å². The molecule has 6 heteroatoms. The Morgan fingerprint density at radius 2 is 1.80 bits per heavy atom. The van der Waals surface area contributed by atoms with Gasteiger partial charge in [-0.25, -0.2) is 4.79 Å². The zero-order chi connectivity index (χ0) is 14.1. The lowest BCUT2D eigenvalue weighted by molar-refractivity contribution is -0.384. The second kappa shape index (κ2) is 4.65. The summed E-state index contributed by atoms with van der Waals surface area (Å²) in [6.45, 7) is 0.313. The van der Waals surface area contributed by atoms with Crippen molar-refractivity contribution >= 4 is 16.8 Å². The number of non-ortho nitro benzene ring substituents is 1. The Morgan fingerprint density at radius 1 is 1.10 bits per heavy atom. The van der Waals surface area contributed by atoms with Gasteiger partial charge in [0.1, 0.15) is 0 Å². The zero-order valence-electron chi connectivity index (χ0n) is 10.4. The van der Waals surface area contributed by atoms with Crippen LogP contribution in [0.15, 0.2) is 57.7 Å². The molecule has 6 nitrogen and oxygen atoms in total. The first-order valence-corrected chi connectivity index (χ1v) is 5.97. The van der Waals surface area contributed by atoms with Crippen LogP contribution in [0, 0.1) is 10.1 Å². The third-order valence-corrected chi connectivity index (χ3v) is 3.06. The molecule has 1 aromatic heterocycles. The second-order valence-electron chi connectivity index (χ2n) is 4.35. The zero-order valence-corrected chi connectivity index (χ0v) is 10.4. The standard InChI is InChI=1S/C14H10N2O4/c17-14-15(12-3-1-2-4-13(12)20-14)9-10-5-7-11(8-6-10)16(18)19/h1-8H,9H2. The van der Waals surface area contributed by atoms with Gasteiger partial charge in [0.2, 0.25) is 0 Å². The molecule has 20 heavy (non-hydrogen) atoms. The van der Waals surface area contributed by atoms with Crippen LogP contribution in [0.5, 0.6) is 0 Å². The van der Waals surface area contributed by atoms with E-state index in [1.165, 1.54) is 16.7 Å². The molecule has 0 bridgehead atoms. The third kappa shape index (κ3) is 2.07. The summed E-state index contributed by atoms with van der Waals surface area (Å²) in [5.74, 6) is -0.440. The molecule has 0 aliphatic rings. The molecular weight excluding hydrogens is 260 g/mol. The largest absolute Gasteiger partial charge is 0.420 e. The van der Waals surface area contributed by atoms with Crippen molar-refractivity contribution in [2.45, 2.75) is 6.54 Å². The predicted octanol–water partition coefficient (Wildman–Crippen LogP) is 2.55. The van der Waals surface area contributed by atoms with E-state index < -0.39 is 10.7 Å². The van der Waals surface area contributed by atoms with Crippen LogP contribution < -0.4 is 5.76 Å². The van der Waals surface area contributed by atoms with Gasteiger partial charge in [-0.15, -0.1) is 0 Å². The fourth-order valence-corrected chi connectivity index (χ4v) is 2.07. The summed E-state index contributed by atoms with van der Waals surface area (Å²) in [4.78, 5) is 21.9. The summed E-state index contributed by atoms with van der Waals surface area (Å²) in [7, 11) is 0. The Morgan fingerprint density at radius 3 is 2.50 bits per heavy atom. The summed E-state index contributed by atoms with van der Waals surface area (Å²) in [6.07, 6.45) is 0. The molecule has 0 saturated heterocycles. The predicted molar refractivity (Wildman–Crippen MR) is 72.7 cm³/mol. The van der Waals surface area contributed by atoms with Crippen molar-refractivity contribution in [3.63, 3.8) is 0 Å². The molecular formula is C14H10N2O4. The number of nitro benzene ring substituents is 1. The highest BCUT2D eigenvalue weighted by Gasteiger charge is 2.10. The maximum Gasteiger partial charge on any atom is 0.420 e. The summed E-state index contributed by atoms with van der Waals surface area (Å²) in [5.41, 5.74) is 2.05. The van der Waals surface area contributed by atoms with E-state index >= 15 is 0 Å². The van der Waals surface area contributed by atoms with Gasteiger partial charge in [0.15, 0.2) is 5.58 Å². The maximum atomic E-state index is 11.8. The number of oxazole rings is 1. The number of hydrogen-bond donors (Lipinski definition) is 0. The molecule has 0 radical (unpaired) electrons. The average Bonchev–Trinajstić information content (AvgIpc) is 2.76. The number of para-hydroxylation sites is 2. The van der Waals surface area contributed by atoms with Crippen molar-refractivity contribution in [2.75, 3.05) is 0 Å². The minimum Gasteiger partial charge on any atom is -0.408 e. The van der Waals surface area contributed by atoms with E-state index in [9.17, 15) is 14.9 Å². The van der Waals surface area contributed by atoms with Gasteiger partial charge in [0.25, 0.3) is 5.69 Å². The molecule has 0 fully saturated rings. The highest BCUT2D eigenvalue weighted by molar-refractivity contribution is 5.72. The monoisotopic (exact) mass is 270 g/mol. The number of benzene rings is 2. The van der Waals surface area contributed by atoms with E-state index in [4.69, 9.17) is 4.42 Å². The lowest BCUT2D eigenvalue weighted by atomic mass is 10.2. The molecule has 0 spiro atoms. The van der Waals surface area contributed by atoms with E-state index in [0.717, 1.165) is 5.56 Å². The van der Waals surface area contributed by atoms with Gasteiger partial charge in [-0.1, -0.05) is 24.3 Å². The lowest BCUT2D eigenvalue weighted by Gasteiger charge is -2.02. The van der Waals surface area contributed by atoms with Crippen LogP contribution in [0.3, 0.4) is 0 Å². The Balaban J connectivity index is 1.99. The quantitative estimate of drug-likeness (QED) is 0.541. The first-order valence-electron chi connectivity index (χ1n) is 5.97. The average molecular weight is 270 g/mol. The smallest absolute Gasteiger partial charge is 0.408 e. The fourth-order valence-electron chi connectivity index (χ4n) is 2.07. The van der Waals surface area contributed by atoms with Crippen molar-refractivity contribution in [3.8, 4) is 0 Å². The molecule has 0 unspecified atom stereocenters. The summed E-state index contributed by atoms with van der Waals surface area (Å²) in [5, 5.41) is 10.6. The SMILES string of the molecule is O=c1oc2ccccc2n1Cc1ccc([N+](=O)[O-])cc1. The Hall–Kier alpha value is -2.89. The molecule has 0 N–H and O–H groups in total. The number of hydrogen-bond acceptors (Lipinski definition) is 4. The maximum absolute atomic E-state index is 11.8. The molecule has 0 saturated carbocycles. The minimum atomic E-state index is -0.455. The Labute approximate surface area is 113 Å². The molecule has 1 heterocycles. The fraction of sp³-hybridized carbons (Fsp3) is 0.0714. The molecule has 2 aromatic carbocycles. The van der Waals surface area contributed by atoms with Crippen molar-refractivity contribution in [1.82, 2.24) is 4.57 Å². The summed E-state index contributed by atoms with van der Waals surface area (Å²) < 4.78 is 6.63. The van der Waals surface area contributed by atoms with E-state index in [0.29, 0.717) is 17.6 Å². The van der Waals surface area contributed by atoms with Crippen molar-refractivity contribution in [1.29, 1.82) is 0 Å². The van der Waals surface area contributed by atoms with Crippen LogP contribution in [0.2, 0.25) is 0 Å². The number of nitrogens with zero attached hydrogens (tertiary/aromatic N) is 2. The van der Waals surface area contributed by atoms with E-state index in [1.54, 1.807) is 30.3 Å². The van der Waals surface area contributed by atoms with Crippen LogP contribution in [-0.2, 0) is 6.54 Å². The normalized spacial score (nSPS) is 10.8. The summed E-state index contributed by atoms with van der Waals surface area (Å²) in [6, 6.07) is 13.2. The van der Waals surface area contributed by atoms with Crippen molar-refractivity contribution in [2.24, 2.45) is 0 Å². The lowest BCUT2D eigenvalue weighted by Crippen LogP contribution is -2.14. The van der Waals surface area contributed by atoms with Crippen LogP contribution in [0.1, 0.15) is 5.56 Å². The third-order valence-electron chi connectivity index (χ3n) is 3.06. The first kappa shape index (κ1) is 12.2. The van der Waals surface area contributed by atoms with Gasteiger partial charge in [-0.2, -0.15) is 0 Å². The van der Waals surface area contributed by atoms with Gasteiger partial charge in [-0.3, -0.25) is 14.7 Å². The highest BCUT2D eigenvalue weighted by atomic mass is 16.6. The molecule has 0 aliphatic carbocycles. The molecule has 3 aromatic rings. The number of rotatable bonds is 3. The van der Waals surface area contributed by atoms with Crippen molar-refractivity contribution in [3.05, 3.63) is 74.8 Å². The van der Waals surface area contributed by atoms with Crippen LogP contribution in [0.25, 0.3) is 11.1 Å². The first-order chi connectivity index (χ1) is 9.65. The number of nitro groups is 1. The topological polar surface area (TPSA) is 78.3 Å². The van der Waals surface area contributed by atoms with E-state index in [1.807, 2.05) is 6.07 Å². The van der Waals surface area contributed by atoms with Crippen LogP contribution in [-0.4, -0.2) is 9.49 Å². The van der Waals surface area contributed by atoms with Crippen LogP contribution in [0.4, 0.5) is 5.69 Å². The molecule has 0 aliphatic heterocycles. The number of fused-ring (bicyclic) bond motifs is 1.